The molecule has 1 saturated heterocycles. The van der Waals surface area contributed by atoms with Crippen LogP contribution < -0.4 is 10.2 Å². The molecule has 0 unspecified atom stereocenters. The van der Waals surface area contributed by atoms with Gasteiger partial charge in [0.1, 0.15) is 11.5 Å². The van der Waals surface area contributed by atoms with E-state index in [-0.39, 0.29) is 0 Å². The molecule has 2 N–H and O–H groups in total. The normalized spacial score (nSPS) is 14.4. The van der Waals surface area contributed by atoms with E-state index in [0.717, 1.165) is 47.3 Å². The predicted octanol–water partition coefficient (Wildman–Crippen LogP) is 4.76. The van der Waals surface area contributed by atoms with E-state index in [1.54, 1.807) is 0 Å². The molecule has 0 radical (unpaired) electrons. The van der Waals surface area contributed by atoms with Gasteiger partial charge in [0.15, 0.2) is 0 Å². The van der Waals surface area contributed by atoms with Crippen molar-refractivity contribution in [1.82, 2.24) is 15.0 Å². The van der Waals surface area contributed by atoms with Gasteiger partial charge in [-0.2, -0.15) is 9.97 Å². The molecule has 1 aliphatic heterocycles. The number of nitrogens with zero attached hydrogens (tertiary/aromatic N) is 3. The van der Waals surface area contributed by atoms with Gasteiger partial charge in [-0.25, -0.2) is 0 Å². The summed E-state index contributed by atoms with van der Waals surface area (Å²) in [6.07, 6.45) is 2.41. The maximum atomic E-state index is 4.88. The van der Waals surface area contributed by atoms with Gasteiger partial charge >= 0.3 is 0 Å². The Balaban J connectivity index is 1.65. The maximum Gasteiger partial charge on any atom is 0.229 e. The first-order valence-corrected chi connectivity index (χ1v) is 9.15. The van der Waals surface area contributed by atoms with Crippen LogP contribution in [0.1, 0.15) is 18.5 Å². The van der Waals surface area contributed by atoms with Crippen molar-refractivity contribution < 1.29 is 0 Å². The summed E-state index contributed by atoms with van der Waals surface area (Å²) < 4.78 is 0. The van der Waals surface area contributed by atoms with Gasteiger partial charge in [-0.3, -0.25) is 0 Å². The van der Waals surface area contributed by atoms with Gasteiger partial charge in [0, 0.05) is 29.9 Å². The number of aryl methyl sites for hydroxylation is 1. The first-order valence-electron chi connectivity index (χ1n) is 9.15. The van der Waals surface area contributed by atoms with Crippen LogP contribution in [-0.4, -0.2) is 28.0 Å². The van der Waals surface area contributed by atoms with Gasteiger partial charge in [-0.1, -0.05) is 36.4 Å². The lowest BCUT2D eigenvalue weighted by Crippen LogP contribution is -2.20. The average molecular weight is 343 g/mol. The summed E-state index contributed by atoms with van der Waals surface area (Å²) >= 11 is 0. The van der Waals surface area contributed by atoms with Crippen LogP contribution in [0.5, 0.6) is 0 Å². The summed E-state index contributed by atoms with van der Waals surface area (Å²) in [5, 5.41) is 7.00. The highest BCUT2D eigenvalue weighted by Gasteiger charge is 2.18. The van der Waals surface area contributed by atoms with Crippen LogP contribution in [0.2, 0.25) is 0 Å². The van der Waals surface area contributed by atoms with Crippen LogP contribution in [0, 0.1) is 6.92 Å². The molecule has 5 nitrogen and oxygen atoms in total. The van der Waals surface area contributed by atoms with Crippen LogP contribution in [0.15, 0.2) is 48.5 Å². The Morgan fingerprint density at radius 1 is 0.962 bits per heavy atom. The average Bonchev–Trinajstić information content (AvgIpc) is 3.31. The van der Waals surface area contributed by atoms with E-state index in [1.807, 2.05) is 0 Å². The zero-order valence-corrected chi connectivity index (χ0v) is 14.8. The van der Waals surface area contributed by atoms with Crippen LogP contribution >= 0.6 is 0 Å². The minimum atomic E-state index is 0.805. The molecule has 0 bridgehead atoms. The van der Waals surface area contributed by atoms with Gasteiger partial charge in [-0.05, 0) is 37.3 Å². The lowest BCUT2D eigenvalue weighted by atomic mass is 10.1. The molecule has 3 heterocycles. The Morgan fingerprint density at radius 2 is 1.77 bits per heavy atom. The summed E-state index contributed by atoms with van der Waals surface area (Å²) in [7, 11) is 0. The highest BCUT2D eigenvalue weighted by molar-refractivity contribution is 5.98. The fraction of sp³-hybridized carbons (Fsp3) is 0.238. The molecule has 26 heavy (non-hydrogen) atoms. The van der Waals surface area contributed by atoms with E-state index in [0.29, 0.717) is 0 Å². The number of hydrogen-bond acceptors (Lipinski definition) is 4. The highest BCUT2D eigenvalue weighted by Crippen LogP contribution is 2.31. The van der Waals surface area contributed by atoms with Crippen molar-refractivity contribution >= 4 is 39.3 Å². The predicted molar refractivity (Wildman–Crippen MR) is 107 cm³/mol. The summed E-state index contributed by atoms with van der Waals surface area (Å²) in [5.74, 6) is 1.66. The zero-order chi connectivity index (χ0) is 17.5. The van der Waals surface area contributed by atoms with Gasteiger partial charge in [0.25, 0.3) is 0 Å². The van der Waals surface area contributed by atoms with Crippen LogP contribution in [0.25, 0.3) is 21.8 Å². The Bertz CT molecular complexity index is 1090. The minimum Gasteiger partial charge on any atom is -0.343 e. The molecule has 4 aromatic rings. The molecule has 0 aliphatic carbocycles. The first-order chi connectivity index (χ1) is 12.8. The number of hydrogen-bond donors (Lipinski definition) is 2. The Hall–Kier alpha value is -3.08. The number of benzene rings is 2. The second-order valence-electron chi connectivity index (χ2n) is 6.93. The number of nitrogens with one attached hydrogen (secondary N) is 2. The molecule has 0 saturated carbocycles. The lowest BCUT2D eigenvalue weighted by Gasteiger charge is -2.17. The smallest absolute Gasteiger partial charge is 0.229 e. The molecule has 130 valence electrons. The van der Waals surface area contributed by atoms with E-state index in [9.17, 15) is 0 Å². The van der Waals surface area contributed by atoms with E-state index < -0.39 is 0 Å². The standard InChI is InChI=1S/C21H21N5/c1-14-13-17-19(22-14)24-21(26-11-4-5-12-26)25-20(17)23-18-10-6-8-15-7-2-3-9-16(15)18/h2-3,6-10,13H,4-5,11-12H2,1H3,(H2,22,23,24,25). The fourth-order valence-corrected chi connectivity index (χ4v) is 3.74. The Morgan fingerprint density at radius 3 is 2.65 bits per heavy atom. The first kappa shape index (κ1) is 15.2. The number of rotatable bonds is 3. The third-order valence-electron chi connectivity index (χ3n) is 5.04. The Kier molecular flexibility index (Phi) is 3.52. The topological polar surface area (TPSA) is 56.8 Å². The molecular weight excluding hydrogens is 322 g/mol. The summed E-state index contributed by atoms with van der Waals surface area (Å²) in [5.41, 5.74) is 3.05. The summed E-state index contributed by atoms with van der Waals surface area (Å²) in [6, 6.07) is 16.8. The highest BCUT2D eigenvalue weighted by atomic mass is 15.3. The molecule has 0 amide bonds. The molecule has 5 rings (SSSR count). The molecule has 5 heteroatoms. The van der Waals surface area contributed by atoms with Crippen molar-refractivity contribution in [2.45, 2.75) is 19.8 Å². The van der Waals surface area contributed by atoms with Crippen molar-refractivity contribution in [1.29, 1.82) is 0 Å². The van der Waals surface area contributed by atoms with E-state index in [1.165, 1.54) is 23.6 Å². The van der Waals surface area contributed by atoms with Crippen molar-refractivity contribution in [3.63, 3.8) is 0 Å². The second kappa shape index (κ2) is 6.02. The maximum absolute atomic E-state index is 4.88. The van der Waals surface area contributed by atoms with Crippen molar-refractivity contribution in [3.05, 3.63) is 54.2 Å². The van der Waals surface area contributed by atoms with Crippen molar-refractivity contribution in [2.75, 3.05) is 23.3 Å². The van der Waals surface area contributed by atoms with E-state index >= 15 is 0 Å². The number of aromatic nitrogens is 3. The van der Waals surface area contributed by atoms with Crippen molar-refractivity contribution in [3.8, 4) is 0 Å². The third kappa shape index (κ3) is 2.56. The fourth-order valence-electron chi connectivity index (χ4n) is 3.74. The van der Waals surface area contributed by atoms with Gasteiger partial charge in [0.05, 0.1) is 5.39 Å². The van der Waals surface area contributed by atoms with E-state index in [4.69, 9.17) is 9.97 Å². The molecule has 1 aliphatic rings. The monoisotopic (exact) mass is 343 g/mol. The second-order valence-corrected chi connectivity index (χ2v) is 6.93. The minimum absolute atomic E-state index is 0.805. The van der Waals surface area contributed by atoms with Crippen molar-refractivity contribution in [2.24, 2.45) is 0 Å². The van der Waals surface area contributed by atoms with E-state index in [2.05, 4.69) is 70.7 Å². The third-order valence-corrected chi connectivity index (χ3v) is 5.04. The number of aromatic amines is 1. The molecule has 0 atom stereocenters. The van der Waals surface area contributed by atoms with Gasteiger partial charge in [0.2, 0.25) is 5.95 Å². The number of H-pyrrole nitrogens is 1. The van der Waals surface area contributed by atoms with Gasteiger partial charge < -0.3 is 15.2 Å². The molecular formula is C21H21N5. The van der Waals surface area contributed by atoms with Crippen LogP contribution in [-0.2, 0) is 0 Å². The summed E-state index contributed by atoms with van der Waals surface area (Å²) in [6.45, 7) is 4.11. The molecule has 0 spiro atoms. The van der Waals surface area contributed by atoms with Crippen LogP contribution in [0.4, 0.5) is 17.5 Å². The van der Waals surface area contributed by atoms with Gasteiger partial charge in [-0.15, -0.1) is 0 Å². The zero-order valence-electron chi connectivity index (χ0n) is 14.8. The SMILES string of the molecule is Cc1cc2c(Nc3cccc4ccccc34)nc(N3CCCC3)nc2[nH]1. The quantitative estimate of drug-likeness (QED) is 0.563. The largest absolute Gasteiger partial charge is 0.343 e. The molecule has 2 aromatic heterocycles. The lowest BCUT2D eigenvalue weighted by molar-refractivity contribution is 0.907. The van der Waals surface area contributed by atoms with Crippen LogP contribution in [0.3, 0.4) is 0 Å². The molecule has 2 aromatic carbocycles. The number of fused-ring (bicyclic) bond motifs is 2. The number of anilines is 3. The molecule has 1 fully saturated rings. The Labute approximate surface area is 152 Å². The summed E-state index contributed by atoms with van der Waals surface area (Å²) in [4.78, 5) is 15.3.